The van der Waals surface area contributed by atoms with Crippen molar-refractivity contribution in [1.29, 1.82) is 0 Å². The van der Waals surface area contributed by atoms with Crippen LogP contribution in [0.15, 0.2) is 0 Å². The van der Waals surface area contributed by atoms with Gasteiger partial charge in [-0.05, 0) is 25.6 Å². The van der Waals surface area contributed by atoms with Crippen LogP contribution >= 0.6 is 12.2 Å². The highest BCUT2D eigenvalue weighted by Gasteiger charge is 2.01. The summed E-state index contributed by atoms with van der Waals surface area (Å²) in [7, 11) is 1.66. The molecule has 0 aliphatic heterocycles. The van der Waals surface area contributed by atoms with E-state index in [1.807, 2.05) is 0 Å². The summed E-state index contributed by atoms with van der Waals surface area (Å²) in [6, 6.07) is 0. The fraction of sp³-hybridized carbons (Fsp3) is 0.800. The summed E-state index contributed by atoms with van der Waals surface area (Å²) < 4.78 is 9.68. The Bertz CT molecular complexity index is 212. The number of thiocarbonyl (C=S) groups is 1. The summed E-state index contributed by atoms with van der Waals surface area (Å²) in [6.45, 7) is 4.17. The van der Waals surface area contributed by atoms with Gasteiger partial charge >= 0.3 is 5.97 Å². The van der Waals surface area contributed by atoms with E-state index in [-0.39, 0.29) is 5.97 Å². The number of hydrogen-bond acceptors (Lipinski definition) is 4. The van der Waals surface area contributed by atoms with Crippen molar-refractivity contribution < 1.29 is 14.3 Å². The number of hydrogen-bond donors (Lipinski definition) is 2. The molecular weight excluding hydrogens is 228 g/mol. The Balaban J connectivity index is 3.33. The first kappa shape index (κ1) is 15.1. The van der Waals surface area contributed by atoms with Crippen LogP contribution in [0.25, 0.3) is 0 Å². The molecule has 0 saturated heterocycles. The quantitative estimate of drug-likeness (QED) is 0.369. The molecule has 0 rings (SSSR count). The Hall–Kier alpha value is -0.880. The van der Waals surface area contributed by atoms with E-state index >= 15 is 0 Å². The highest BCUT2D eigenvalue weighted by Crippen LogP contribution is 1.84. The Kier molecular flexibility index (Phi) is 10.0. The number of rotatable bonds is 8. The summed E-state index contributed by atoms with van der Waals surface area (Å²) in [5.41, 5.74) is 0. The minimum atomic E-state index is -0.211. The minimum Gasteiger partial charge on any atom is -0.466 e. The van der Waals surface area contributed by atoms with Crippen LogP contribution in [0.3, 0.4) is 0 Å². The summed E-state index contributed by atoms with van der Waals surface area (Å²) >= 11 is 5.01. The van der Waals surface area contributed by atoms with Crippen molar-refractivity contribution in [2.45, 2.75) is 19.8 Å². The molecule has 0 bridgehead atoms. The van der Waals surface area contributed by atoms with Gasteiger partial charge in [0.1, 0.15) is 0 Å². The van der Waals surface area contributed by atoms with Crippen LogP contribution in [-0.4, -0.2) is 44.5 Å². The summed E-state index contributed by atoms with van der Waals surface area (Å²) in [5, 5.41) is 6.49. The lowest BCUT2D eigenvalue weighted by Gasteiger charge is -2.09. The predicted octanol–water partition coefficient (Wildman–Crippen LogP) is 0.440. The third kappa shape index (κ3) is 9.67. The monoisotopic (exact) mass is 248 g/mol. The van der Waals surface area contributed by atoms with Gasteiger partial charge in [-0.3, -0.25) is 4.79 Å². The zero-order valence-corrected chi connectivity index (χ0v) is 10.7. The number of methoxy groups -OCH3 is 1. The van der Waals surface area contributed by atoms with Gasteiger partial charge in [0.05, 0.1) is 13.0 Å². The van der Waals surface area contributed by atoms with Gasteiger partial charge in [-0.15, -0.1) is 0 Å². The maximum absolute atomic E-state index is 11.0. The van der Waals surface area contributed by atoms with E-state index in [1.165, 1.54) is 0 Å². The number of esters is 1. The minimum absolute atomic E-state index is 0.211. The Morgan fingerprint density at radius 2 is 2.00 bits per heavy atom. The van der Waals surface area contributed by atoms with Crippen LogP contribution in [0.1, 0.15) is 19.8 Å². The first-order chi connectivity index (χ1) is 7.70. The lowest BCUT2D eigenvalue weighted by Crippen LogP contribution is -2.37. The van der Waals surface area contributed by atoms with Crippen molar-refractivity contribution in [3.63, 3.8) is 0 Å². The van der Waals surface area contributed by atoms with Crippen molar-refractivity contribution >= 4 is 23.3 Å². The second-order valence-electron chi connectivity index (χ2n) is 3.08. The SMILES string of the molecule is CCOC(=O)CCNC(=S)NCCCOC. The van der Waals surface area contributed by atoms with Gasteiger partial charge in [0.15, 0.2) is 5.11 Å². The molecule has 0 spiro atoms. The van der Waals surface area contributed by atoms with Crippen LogP contribution in [0.4, 0.5) is 0 Å². The molecule has 0 fully saturated rings. The molecule has 0 unspecified atom stereocenters. The van der Waals surface area contributed by atoms with Gasteiger partial charge in [0.25, 0.3) is 0 Å². The molecule has 0 aromatic heterocycles. The molecule has 0 aromatic rings. The highest BCUT2D eigenvalue weighted by atomic mass is 32.1. The highest BCUT2D eigenvalue weighted by molar-refractivity contribution is 7.80. The molecule has 0 amide bonds. The summed E-state index contributed by atoms with van der Waals surface area (Å²) in [5.74, 6) is -0.211. The van der Waals surface area contributed by atoms with E-state index in [4.69, 9.17) is 21.7 Å². The number of ether oxygens (including phenoxy) is 2. The molecule has 0 heterocycles. The lowest BCUT2D eigenvalue weighted by molar-refractivity contribution is -0.142. The molecule has 0 atom stereocenters. The molecule has 0 radical (unpaired) electrons. The standard InChI is InChI=1S/C10H20N2O3S/c1-3-15-9(13)5-7-12-10(16)11-6-4-8-14-2/h3-8H2,1-2H3,(H2,11,12,16). The molecule has 0 aromatic carbocycles. The van der Waals surface area contributed by atoms with Gasteiger partial charge in [-0.1, -0.05) is 0 Å². The van der Waals surface area contributed by atoms with Crippen LogP contribution in [0.2, 0.25) is 0 Å². The number of nitrogens with one attached hydrogen (secondary N) is 2. The fourth-order valence-corrected chi connectivity index (χ4v) is 1.20. The van der Waals surface area contributed by atoms with Crippen LogP contribution in [0.5, 0.6) is 0 Å². The second kappa shape index (κ2) is 10.6. The average Bonchev–Trinajstić information content (AvgIpc) is 2.25. The van der Waals surface area contributed by atoms with Crippen molar-refractivity contribution in [1.82, 2.24) is 10.6 Å². The molecule has 2 N–H and O–H groups in total. The van der Waals surface area contributed by atoms with Crippen LogP contribution < -0.4 is 10.6 Å². The zero-order valence-electron chi connectivity index (χ0n) is 9.88. The maximum Gasteiger partial charge on any atom is 0.307 e. The molecular formula is C10H20N2O3S. The normalized spacial score (nSPS) is 9.62. The van der Waals surface area contributed by atoms with Crippen LogP contribution in [-0.2, 0) is 14.3 Å². The molecule has 5 nitrogen and oxygen atoms in total. The van der Waals surface area contributed by atoms with Crippen molar-refractivity contribution in [3.05, 3.63) is 0 Å². The van der Waals surface area contributed by atoms with Gasteiger partial charge in [-0.2, -0.15) is 0 Å². The van der Waals surface area contributed by atoms with Crippen molar-refractivity contribution in [2.75, 3.05) is 33.4 Å². The fourth-order valence-electron chi connectivity index (χ4n) is 0.992. The number of carbonyl (C=O) groups excluding carboxylic acids is 1. The lowest BCUT2D eigenvalue weighted by atomic mass is 10.4. The van der Waals surface area contributed by atoms with E-state index in [2.05, 4.69) is 10.6 Å². The Labute approximate surface area is 102 Å². The van der Waals surface area contributed by atoms with E-state index in [0.717, 1.165) is 13.0 Å². The van der Waals surface area contributed by atoms with E-state index in [1.54, 1.807) is 14.0 Å². The molecule has 0 saturated carbocycles. The molecule has 6 heteroatoms. The molecule has 0 aliphatic carbocycles. The molecule has 94 valence electrons. The third-order valence-corrected chi connectivity index (χ3v) is 2.02. The summed E-state index contributed by atoms with van der Waals surface area (Å²) in [6.07, 6.45) is 1.23. The largest absolute Gasteiger partial charge is 0.466 e. The maximum atomic E-state index is 11.0. The van der Waals surface area contributed by atoms with Gasteiger partial charge in [0, 0.05) is 26.8 Å². The second-order valence-corrected chi connectivity index (χ2v) is 3.49. The first-order valence-corrected chi connectivity index (χ1v) is 5.77. The Morgan fingerprint density at radius 1 is 1.31 bits per heavy atom. The Morgan fingerprint density at radius 3 is 2.62 bits per heavy atom. The van der Waals surface area contributed by atoms with E-state index in [0.29, 0.717) is 31.3 Å². The predicted molar refractivity (Wildman–Crippen MR) is 66.3 cm³/mol. The third-order valence-electron chi connectivity index (χ3n) is 1.73. The van der Waals surface area contributed by atoms with Crippen LogP contribution in [0, 0.1) is 0 Å². The van der Waals surface area contributed by atoms with E-state index in [9.17, 15) is 4.79 Å². The van der Waals surface area contributed by atoms with Gasteiger partial charge in [0.2, 0.25) is 0 Å². The molecule has 16 heavy (non-hydrogen) atoms. The first-order valence-electron chi connectivity index (χ1n) is 5.37. The molecule has 0 aliphatic rings. The van der Waals surface area contributed by atoms with Gasteiger partial charge in [-0.25, -0.2) is 0 Å². The van der Waals surface area contributed by atoms with Crippen molar-refractivity contribution in [2.24, 2.45) is 0 Å². The van der Waals surface area contributed by atoms with Gasteiger partial charge < -0.3 is 20.1 Å². The van der Waals surface area contributed by atoms with E-state index < -0.39 is 0 Å². The topological polar surface area (TPSA) is 59.6 Å². The average molecular weight is 248 g/mol. The zero-order chi connectivity index (χ0) is 12.2. The van der Waals surface area contributed by atoms with Crippen molar-refractivity contribution in [3.8, 4) is 0 Å². The smallest absolute Gasteiger partial charge is 0.307 e. The summed E-state index contributed by atoms with van der Waals surface area (Å²) in [4.78, 5) is 11.0. The number of carbonyl (C=O) groups is 1.